The van der Waals surface area contributed by atoms with Crippen molar-refractivity contribution in [3.63, 3.8) is 0 Å². The number of halogens is 1. The van der Waals surface area contributed by atoms with Crippen molar-refractivity contribution in [2.45, 2.75) is 32.1 Å². The van der Waals surface area contributed by atoms with E-state index in [2.05, 4.69) is 26.5 Å². The van der Waals surface area contributed by atoms with Crippen LogP contribution in [0, 0.1) is 20.8 Å². The molecule has 0 spiro atoms. The van der Waals surface area contributed by atoms with Crippen LogP contribution < -0.4 is 5.43 Å². The Morgan fingerprint density at radius 2 is 1.68 bits per heavy atom. The van der Waals surface area contributed by atoms with E-state index in [9.17, 15) is 13.2 Å². The second-order valence-electron chi connectivity index (χ2n) is 8.15. The number of hydrazone groups is 1. The Hall–Kier alpha value is -2.81. The molecule has 0 unspecified atom stereocenters. The van der Waals surface area contributed by atoms with E-state index in [1.807, 2.05) is 73.7 Å². The lowest BCUT2D eigenvalue weighted by Gasteiger charge is -2.24. The largest absolute Gasteiger partial charge is 0.272 e. The van der Waals surface area contributed by atoms with Gasteiger partial charge in [-0.15, -0.1) is 0 Å². The van der Waals surface area contributed by atoms with Crippen molar-refractivity contribution in [2.75, 3.05) is 13.1 Å². The van der Waals surface area contributed by atoms with Crippen LogP contribution in [0.1, 0.15) is 27.8 Å². The molecule has 6 nitrogen and oxygen atoms in total. The number of amides is 1. The van der Waals surface area contributed by atoms with E-state index >= 15 is 0 Å². The maximum absolute atomic E-state index is 13.7. The van der Waals surface area contributed by atoms with Gasteiger partial charge < -0.3 is 0 Å². The third kappa shape index (κ3) is 6.85. The van der Waals surface area contributed by atoms with Gasteiger partial charge in [-0.05, 0) is 61.6 Å². The number of carbonyl (C=O) groups is 1. The number of hydrogen-bond donors (Lipinski definition) is 1. The van der Waals surface area contributed by atoms with Gasteiger partial charge in [-0.2, -0.15) is 9.41 Å². The molecule has 34 heavy (non-hydrogen) atoms. The van der Waals surface area contributed by atoms with Crippen LogP contribution in [0.4, 0.5) is 0 Å². The summed E-state index contributed by atoms with van der Waals surface area (Å²) in [6.45, 7) is 5.33. The van der Waals surface area contributed by atoms with Gasteiger partial charge in [-0.25, -0.2) is 13.8 Å². The monoisotopic (exact) mass is 541 g/mol. The number of sulfonamides is 1. The molecule has 0 saturated carbocycles. The summed E-state index contributed by atoms with van der Waals surface area (Å²) in [5.41, 5.74) is 6.56. The third-order valence-corrected chi connectivity index (χ3v) is 7.91. The maximum atomic E-state index is 13.7. The van der Waals surface area contributed by atoms with E-state index in [0.717, 1.165) is 21.2 Å². The van der Waals surface area contributed by atoms with Gasteiger partial charge >= 0.3 is 0 Å². The van der Waals surface area contributed by atoms with E-state index in [4.69, 9.17) is 0 Å². The van der Waals surface area contributed by atoms with Crippen molar-refractivity contribution in [2.24, 2.45) is 5.10 Å². The Kier molecular flexibility index (Phi) is 8.77. The van der Waals surface area contributed by atoms with Crippen molar-refractivity contribution < 1.29 is 13.2 Å². The molecule has 0 saturated heterocycles. The van der Waals surface area contributed by atoms with Gasteiger partial charge in [0.05, 0.1) is 17.7 Å². The molecule has 3 rings (SSSR count). The number of rotatable bonds is 9. The number of aryl methyl sites for hydroxylation is 3. The zero-order valence-electron chi connectivity index (χ0n) is 19.5. The third-order valence-electron chi connectivity index (χ3n) is 5.27. The van der Waals surface area contributed by atoms with Crippen LogP contribution in [-0.4, -0.2) is 37.9 Å². The molecule has 0 aromatic heterocycles. The number of benzene rings is 3. The van der Waals surface area contributed by atoms with Crippen LogP contribution in [0.5, 0.6) is 0 Å². The molecule has 0 aliphatic carbocycles. The maximum Gasteiger partial charge on any atom is 0.255 e. The number of carbonyl (C=O) groups excluding carboxylic acids is 1. The number of nitrogens with zero attached hydrogens (tertiary/aromatic N) is 2. The van der Waals surface area contributed by atoms with Crippen molar-refractivity contribution in [1.29, 1.82) is 0 Å². The Bertz CT molecular complexity index is 1270. The molecule has 178 valence electrons. The minimum absolute atomic E-state index is 0.169. The average molecular weight is 542 g/mol. The van der Waals surface area contributed by atoms with Crippen molar-refractivity contribution in [1.82, 2.24) is 9.73 Å². The Balaban J connectivity index is 1.82. The normalized spacial score (nSPS) is 11.8. The summed E-state index contributed by atoms with van der Waals surface area (Å²) in [6, 6.07) is 20.7. The Labute approximate surface area is 209 Å². The second kappa shape index (κ2) is 11.6. The molecular formula is C26H28BrN3O3S. The zero-order valence-corrected chi connectivity index (χ0v) is 21.9. The summed E-state index contributed by atoms with van der Waals surface area (Å²) in [6.07, 6.45) is 2.00. The molecule has 3 aromatic carbocycles. The summed E-state index contributed by atoms with van der Waals surface area (Å²) < 4.78 is 29.5. The van der Waals surface area contributed by atoms with Crippen LogP contribution in [0.25, 0.3) is 0 Å². The predicted octanol–water partition coefficient (Wildman–Crippen LogP) is 4.76. The first-order chi connectivity index (χ1) is 16.2. The molecule has 0 bridgehead atoms. The highest BCUT2D eigenvalue weighted by Crippen LogP contribution is 2.25. The number of hydrogen-bond acceptors (Lipinski definition) is 4. The summed E-state index contributed by atoms with van der Waals surface area (Å²) >= 11 is 3.39. The van der Waals surface area contributed by atoms with Crippen molar-refractivity contribution in [3.05, 3.63) is 99.0 Å². The van der Waals surface area contributed by atoms with Crippen LogP contribution >= 0.6 is 15.9 Å². The summed E-state index contributed by atoms with van der Waals surface area (Å²) in [7, 11) is -3.91. The zero-order chi connectivity index (χ0) is 24.7. The van der Waals surface area contributed by atoms with Gasteiger partial charge in [0.1, 0.15) is 0 Å². The minimum Gasteiger partial charge on any atom is -0.272 e. The first-order valence-electron chi connectivity index (χ1n) is 10.9. The standard InChI is InChI=1S/C26H28BrN3O3S/c1-19-14-20(2)26(21(3)15-19)34(32,33)30(13-12-22-8-5-4-6-9-22)18-25(31)29-28-17-23-10-7-11-24(27)16-23/h4-11,14-17H,12-13,18H2,1-3H3,(H,29,31)/b28-17+. The molecule has 8 heteroatoms. The Morgan fingerprint density at radius 1 is 1.00 bits per heavy atom. The van der Waals surface area contributed by atoms with Gasteiger partial charge in [-0.1, -0.05) is 76.1 Å². The summed E-state index contributed by atoms with van der Waals surface area (Å²) in [4.78, 5) is 12.9. The van der Waals surface area contributed by atoms with E-state index in [0.29, 0.717) is 17.5 Å². The molecule has 1 amide bonds. The van der Waals surface area contributed by atoms with E-state index in [-0.39, 0.29) is 18.0 Å². The van der Waals surface area contributed by atoms with E-state index in [1.54, 1.807) is 13.8 Å². The Morgan fingerprint density at radius 3 is 2.32 bits per heavy atom. The van der Waals surface area contributed by atoms with Gasteiger partial charge in [-0.3, -0.25) is 4.79 Å². The first kappa shape index (κ1) is 25.8. The van der Waals surface area contributed by atoms with Crippen LogP contribution in [0.15, 0.2) is 81.2 Å². The van der Waals surface area contributed by atoms with Crippen molar-refractivity contribution >= 4 is 38.1 Å². The minimum atomic E-state index is -3.91. The smallest absolute Gasteiger partial charge is 0.255 e. The fraction of sp³-hybridized carbons (Fsp3) is 0.231. The lowest BCUT2D eigenvalue weighted by molar-refractivity contribution is -0.121. The molecule has 0 atom stereocenters. The quantitative estimate of drug-likeness (QED) is 0.313. The fourth-order valence-corrected chi connectivity index (χ4v) is 6.07. The average Bonchev–Trinajstić information content (AvgIpc) is 2.76. The van der Waals surface area contributed by atoms with E-state index in [1.165, 1.54) is 10.5 Å². The van der Waals surface area contributed by atoms with E-state index < -0.39 is 15.9 Å². The molecule has 0 aliphatic heterocycles. The first-order valence-corrected chi connectivity index (χ1v) is 13.1. The van der Waals surface area contributed by atoms with Crippen molar-refractivity contribution in [3.8, 4) is 0 Å². The summed E-state index contributed by atoms with van der Waals surface area (Å²) in [5, 5.41) is 3.99. The topological polar surface area (TPSA) is 78.8 Å². The molecule has 1 N–H and O–H groups in total. The lowest BCUT2D eigenvalue weighted by Crippen LogP contribution is -2.41. The molecular weight excluding hydrogens is 514 g/mol. The highest BCUT2D eigenvalue weighted by Gasteiger charge is 2.29. The van der Waals surface area contributed by atoms with Gasteiger partial charge in [0.15, 0.2) is 0 Å². The van der Waals surface area contributed by atoms with Gasteiger partial charge in [0, 0.05) is 11.0 Å². The summed E-state index contributed by atoms with van der Waals surface area (Å²) in [5.74, 6) is -0.509. The molecule has 0 fully saturated rings. The highest BCUT2D eigenvalue weighted by atomic mass is 79.9. The SMILES string of the molecule is Cc1cc(C)c(S(=O)(=O)N(CCc2ccccc2)CC(=O)N/N=C/c2cccc(Br)c2)c(C)c1. The fourth-order valence-electron chi connectivity index (χ4n) is 3.85. The second-order valence-corrected chi connectivity index (χ2v) is 10.9. The van der Waals surface area contributed by atoms with Gasteiger partial charge in [0.25, 0.3) is 5.91 Å². The number of nitrogens with one attached hydrogen (secondary N) is 1. The molecule has 3 aromatic rings. The van der Waals surface area contributed by atoms with Crippen LogP contribution in [0.3, 0.4) is 0 Å². The highest BCUT2D eigenvalue weighted by molar-refractivity contribution is 9.10. The molecule has 0 radical (unpaired) electrons. The molecule has 0 heterocycles. The van der Waals surface area contributed by atoms with Crippen LogP contribution in [-0.2, 0) is 21.2 Å². The lowest BCUT2D eigenvalue weighted by atomic mass is 10.1. The van der Waals surface area contributed by atoms with Crippen LogP contribution in [0.2, 0.25) is 0 Å². The molecule has 0 aliphatic rings. The predicted molar refractivity (Wildman–Crippen MR) is 139 cm³/mol. The van der Waals surface area contributed by atoms with Gasteiger partial charge in [0.2, 0.25) is 10.0 Å².